The summed E-state index contributed by atoms with van der Waals surface area (Å²) in [6.45, 7) is 2.01. The molecule has 0 aromatic heterocycles. The minimum atomic E-state index is -2.30. The van der Waals surface area contributed by atoms with E-state index >= 15 is 0 Å². The Morgan fingerprint density at radius 2 is 1.38 bits per heavy atom. The zero-order valence-corrected chi connectivity index (χ0v) is 11.3. The Hall–Kier alpha value is -1.90. The molecule has 0 spiro atoms. The average molecular weight is 304 g/mol. The molecule has 6 heteroatoms. The minimum Gasteiger partial charge on any atom is -0.279 e. The van der Waals surface area contributed by atoms with E-state index in [1.165, 1.54) is 0 Å². The quantitative estimate of drug-likeness (QED) is 0.148. The van der Waals surface area contributed by atoms with Crippen LogP contribution in [0.2, 0.25) is 0 Å². The number of benzene rings is 1. The van der Waals surface area contributed by atoms with Crippen molar-refractivity contribution in [2.75, 3.05) is 0 Å². The van der Waals surface area contributed by atoms with E-state index < -0.39 is 40.4 Å². The van der Waals surface area contributed by atoms with Crippen LogP contribution in [0.4, 0.5) is 22.0 Å². The maximum atomic E-state index is 13.3. The highest BCUT2D eigenvalue weighted by Crippen LogP contribution is 2.23. The fourth-order valence-corrected chi connectivity index (χ4v) is 1.65. The molecule has 0 atom stereocenters. The molecule has 0 bridgehead atoms. The van der Waals surface area contributed by atoms with Gasteiger partial charge in [0.25, 0.3) is 0 Å². The second kappa shape index (κ2) is 7.77. The first-order valence-electron chi connectivity index (χ1n) is 6.46. The molecule has 1 nitrogen and oxygen atoms in total. The van der Waals surface area contributed by atoms with Crippen LogP contribution in [0, 0.1) is 40.9 Å². The number of hydrogen-bond donors (Lipinski definition) is 0. The normalized spacial score (nSPS) is 10.2. The predicted molar refractivity (Wildman–Crippen MR) is 67.1 cm³/mol. The molecule has 21 heavy (non-hydrogen) atoms. The highest BCUT2D eigenvalue weighted by atomic mass is 19.2. The van der Waals surface area contributed by atoms with Crippen molar-refractivity contribution in [1.29, 1.82) is 0 Å². The number of carbonyl (C=O) groups excluding carboxylic acids is 1. The molecule has 0 heterocycles. The topological polar surface area (TPSA) is 17.1 Å². The smallest absolute Gasteiger partial charge is 0.242 e. The van der Waals surface area contributed by atoms with Gasteiger partial charge in [0.05, 0.1) is 0 Å². The molecule has 0 amide bonds. The lowest BCUT2D eigenvalue weighted by atomic mass is 10.1. The first kappa shape index (κ1) is 17.2. The van der Waals surface area contributed by atoms with Crippen molar-refractivity contribution in [1.82, 2.24) is 0 Å². The predicted octanol–water partition coefficient (Wildman–Crippen LogP) is 4.54. The largest absolute Gasteiger partial charge is 0.279 e. The van der Waals surface area contributed by atoms with E-state index in [-0.39, 0.29) is 0 Å². The third kappa shape index (κ3) is 4.03. The van der Waals surface area contributed by atoms with E-state index in [1.54, 1.807) is 0 Å². The summed E-state index contributed by atoms with van der Waals surface area (Å²) in [4.78, 5) is 11.5. The summed E-state index contributed by atoms with van der Waals surface area (Å²) in [5.41, 5.74) is -1.51. The summed E-state index contributed by atoms with van der Waals surface area (Å²) in [7, 11) is 0. The summed E-state index contributed by atoms with van der Waals surface area (Å²) >= 11 is 0. The van der Waals surface area contributed by atoms with Crippen LogP contribution in [0.15, 0.2) is 0 Å². The minimum absolute atomic E-state index is 0.321. The van der Waals surface area contributed by atoms with Crippen molar-refractivity contribution in [2.45, 2.75) is 39.0 Å². The molecule has 0 fully saturated rings. The lowest BCUT2D eigenvalue weighted by Gasteiger charge is -2.04. The van der Waals surface area contributed by atoms with Gasteiger partial charge in [0.1, 0.15) is 5.56 Å². The van der Waals surface area contributed by atoms with E-state index in [2.05, 4.69) is 5.92 Å². The lowest BCUT2D eigenvalue weighted by Crippen LogP contribution is -2.11. The molecule has 0 saturated carbocycles. The van der Waals surface area contributed by atoms with Crippen molar-refractivity contribution in [3.8, 4) is 11.8 Å². The van der Waals surface area contributed by atoms with E-state index in [4.69, 9.17) is 0 Å². The molecule has 0 N–H and O–H groups in total. The SMILES string of the molecule is CCCCCCC#CC(=O)c1c(F)c(F)c(F)c(F)c1F. The average Bonchev–Trinajstić information content (AvgIpc) is 2.47. The summed E-state index contributed by atoms with van der Waals surface area (Å²) in [6.07, 6.45) is 3.92. The Balaban J connectivity index is 2.92. The summed E-state index contributed by atoms with van der Waals surface area (Å²) in [5.74, 6) is -8.04. The number of unbranched alkanes of at least 4 members (excludes halogenated alkanes) is 4. The Morgan fingerprint density at radius 1 is 0.857 bits per heavy atom. The summed E-state index contributed by atoms with van der Waals surface area (Å²) in [5, 5.41) is 0. The third-order valence-corrected chi connectivity index (χ3v) is 2.79. The lowest BCUT2D eigenvalue weighted by molar-refractivity contribution is 0.104. The van der Waals surface area contributed by atoms with Crippen LogP contribution in [0.5, 0.6) is 0 Å². The zero-order valence-electron chi connectivity index (χ0n) is 11.3. The van der Waals surface area contributed by atoms with Gasteiger partial charge in [-0.15, -0.1) is 0 Å². The molecular weight excluding hydrogens is 291 g/mol. The number of Topliss-reactive ketones (excluding diaryl/α,β-unsaturated/α-hetero) is 1. The number of rotatable bonds is 5. The van der Waals surface area contributed by atoms with Crippen molar-refractivity contribution in [2.24, 2.45) is 0 Å². The first-order chi connectivity index (χ1) is 9.91. The Kier molecular flexibility index (Phi) is 6.35. The van der Waals surface area contributed by atoms with Gasteiger partial charge in [0.15, 0.2) is 23.3 Å². The number of carbonyl (C=O) groups is 1. The van der Waals surface area contributed by atoms with Crippen LogP contribution in [0.25, 0.3) is 0 Å². The van der Waals surface area contributed by atoms with Crippen molar-refractivity contribution in [3.05, 3.63) is 34.6 Å². The molecule has 0 aliphatic rings. The van der Waals surface area contributed by atoms with Crippen molar-refractivity contribution < 1.29 is 26.7 Å². The second-order valence-corrected chi connectivity index (χ2v) is 4.39. The maximum Gasteiger partial charge on any atom is 0.242 e. The summed E-state index contributed by atoms with van der Waals surface area (Å²) < 4.78 is 65.3. The van der Waals surface area contributed by atoms with E-state index in [9.17, 15) is 26.7 Å². The monoisotopic (exact) mass is 304 g/mol. The fourth-order valence-electron chi connectivity index (χ4n) is 1.65. The van der Waals surface area contributed by atoms with E-state index in [0.717, 1.165) is 19.3 Å². The van der Waals surface area contributed by atoms with Crippen LogP contribution in [-0.2, 0) is 0 Å². The molecule has 1 aromatic carbocycles. The van der Waals surface area contributed by atoms with Crippen LogP contribution in [-0.4, -0.2) is 5.78 Å². The standard InChI is InChI=1S/C15H13F5O/c1-2-3-4-5-6-7-8-9(21)10-11(16)13(18)15(20)14(19)12(10)17/h2-6H2,1H3. The molecule has 0 radical (unpaired) electrons. The molecule has 1 rings (SSSR count). The van der Waals surface area contributed by atoms with Crippen LogP contribution >= 0.6 is 0 Å². The molecule has 0 aliphatic heterocycles. The van der Waals surface area contributed by atoms with E-state index in [1.807, 2.05) is 12.8 Å². The molecular formula is C15H13F5O. The Labute approximate surface area is 119 Å². The summed E-state index contributed by atoms with van der Waals surface area (Å²) in [6, 6.07) is 0. The molecule has 114 valence electrons. The van der Waals surface area contributed by atoms with Crippen LogP contribution < -0.4 is 0 Å². The number of hydrogen-bond acceptors (Lipinski definition) is 1. The van der Waals surface area contributed by atoms with Gasteiger partial charge in [0.2, 0.25) is 11.6 Å². The van der Waals surface area contributed by atoms with Crippen molar-refractivity contribution >= 4 is 5.78 Å². The zero-order chi connectivity index (χ0) is 16.0. The van der Waals surface area contributed by atoms with Crippen molar-refractivity contribution in [3.63, 3.8) is 0 Å². The van der Waals surface area contributed by atoms with Crippen LogP contribution in [0.3, 0.4) is 0 Å². The number of halogens is 5. The van der Waals surface area contributed by atoms with Gasteiger partial charge in [-0.2, -0.15) is 0 Å². The van der Waals surface area contributed by atoms with Gasteiger partial charge in [0, 0.05) is 6.42 Å². The highest BCUT2D eigenvalue weighted by Gasteiger charge is 2.28. The second-order valence-electron chi connectivity index (χ2n) is 4.39. The molecule has 1 aromatic rings. The Morgan fingerprint density at radius 3 is 1.90 bits per heavy atom. The molecule has 0 saturated heterocycles. The Bertz CT molecular complexity index is 569. The molecule has 0 aliphatic carbocycles. The fraction of sp³-hybridized carbons (Fsp3) is 0.400. The third-order valence-electron chi connectivity index (χ3n) is 2.79. The van der Waals surface area contributed by atoms with Gasteiger partial charge in [-0.05, 0) is 12.3 Å². The van der Waals surface area contributed by atoms with Gasteiger partial charge in [-0.25, -0.2) is 22.0 Å². The molecule has 0 unspecified atom stereocenters. The van der Waals surface area contributed by atoms with E-state index in [0.29, 0.717) is 12.8 Å². The number of ketones is 1. The van der Waals surface area contributed by atoms with Gasteiger partial charge >= 0.3 is 0 Å². The van der Waals surface area contributed by atoms with Gasteiger partial charge in [-0.3, -0.25) is 4.79 Å². The highest BCUT2D eigenvalue weighted by molar-refractivity contribution is 6.09. The van der Waals surface area contributed by atoms with Crippen LogP contribution in [0.1, 0.15) is 49.4 Å². The van der Waals surface area contributed by atoms with Gasteiger partial charge < -0.3 is 0 Å². The first-order valence-corrected chi connectivity index (χ1v) is 6.46. The van der Waals surface area contributed by atoms with Gasteiger partial charge in [-0.1, -0.05) is 32.1 Å². The maximum absolute atomic E-state index is 13.3.